The van der Waals surface area contributed by atoms with Gasteiger partial charge in [0.15, 0.2) is 0 Å². The predicted molar refractivity (Wildman–Crippen MR) is 97.1 cm³/mol. The standard InChI is InChI=1S/C21H29NO/c1-3-5-6-7-8-20-14-11-19(17-22-20)10-9-18-12-15-21(16-13-18)23-4-2/h11-17H,3-10H2,1-2H3. The van der Waals surface area contributed by atoms with Crippen molar-refractivity contribution in [2.45, 2.75) is 58.8 Å². The molecule has 1 aromatic heterocycles. The van der Waals surface area contributed by atoms with Gasteiger partial charge in [0, 0.05) is 11.9 Å². The first-order valence-corrected chi connectivity index (χ1v) is 8.97. The van der Waals surface area contributed by atoms with Gasteiger partial charge < -0.3 is 4.74 Å². The summed E-state index contributed by atoms with van der Waals surface area (Å²) >= 11 is 0. The summed E-state index contributed by atoms with van der Waals surface area (Å²) < 4.78 is 5.47. The Morgan fingerprint density at radius 1 is 0.783 bits per heavy atom. The van der Waals surface area contributed by atoms with Crippen LogP contribution in [0.4, 0.5) is 0 Å². The van der Waals surface area contributed by atoms with Crippen molar-refractivity contribution in [2.75, 3.05) is 6.61 Å². The van der Waals surface area contributed by atoms with Gasteiger partial charge in [-0.05, 0) is 61.9 Å². The highest BCUT2D eigenvalue weighted by molar-refractivity contribution is 5.28. The molecule has 0 N–H and O–H groups in total. The van der Waals surface area contributed by atoms with Gasteiger partial charge in [0.2, 0.25) is 0 Å². The van der Waals surface area contributed by atoms with E-state index >= 15 is 0 Å². The number of benzene rings is 1. The molecule has 0 amide bonds. The second kappa shape index (κ2) is 10.0. The quantitative estimate of drug-likeness (QED) is 0.549. The van der Waals surface area contributed by atoms with Gasteiger partial charge in [-0.1, -0.05) is 44.4 Å². The van der Waals surface area contributed by atoms with Gasteiger partial charge in [0.05, 0.1) is 6.61 Å². The van der Waals surface area contributed by atoms with Crippen molar-refractivity contribution < 1.29 is 4.74 Å². The number of nitrogens with zero attached hydrogens (tertiary/aromatic N) is 1. The summed E-state index contributed by atoms with van der Waals surface area (Å²) in [4.78, 5) is 4.61. The number of ether oxygens (including phenoxy) is 1. The summed E-state index contributed by atoms with van der Waals surface area (Å²) in [5, 5.41) is 0. The number of hydrogen-bond acceptors (Lipinski definition) is 2. The molecule has 0 bridgehead atoms. The third-order valence-corrected chi connectivity index (χ3v) is 4.11. The van der Waals surface area contributed by atoms with Crippen molar-refractivity contribution >= 4 is 0 Å². The molecular weight excluding hydrogens is 282 g/mol. The minimum absolute atomic E-state index is 0.718. The molecule has 2 aromatic rings. The SMILES string of the molecule is CCCCCCc1ccc(CCc2ccc(OCC)cc2)cn1. The first kappa shape index (κ1) is 17.5. The summed E-state index contributed by atoms with van der Waals surface area (Å²) in [6.07, 6.45) is 10.4. The van der Waals surface area contributed by atoms with E-state index in [1.54, 1.807) is 0 Å². The predicted octanol–water partition coefficient (Wildman–Crippen LogP) is 5.39. The van der Waals surface area contributed by atoms with Gasteiger partial charge in [-0.2, -0.15) is 0 Å². The Kier molecular flexibility index (Phi) is 7.65. The van der Waals surface area contributed by atoms with Crippen molar-refractivity contribution in [1.29, 1.82) is 0 Å². The fourth-order valence-electron chi connectivity index (χ4n) is 2.69. The zero-order valence-corrected chi connectivity index (χ0v) is 14.6. The summed E-state index contributed by atoms with van der Waals surface area (Å²) in [5.74, 6) is 0.949. The van der Waals surface area contributed by atoms with Gasteiger partial charge in [0.1, 0.15) is 5.75 Å². The van der Waals surface area contributed by atoms with E-state index in [4.69, 9.17) is 4.74 Å². The van der Waals surface area contributed by atoms with E-state index in [0.29, 0.717) is 0 Å². The number of pyridine rings is 1. The van der Waals surface area contributed by atoms with E-state index in [2.05, 4.69) is 48.3 Å². The molecule has 0 spiro atoms. The second-order valence-electron chi connectivity index (χ2n) is 6.05. The maximum absolute atomic E-state index is 5.47. The first-order valence-electron chi connectivity index (χ1n) is 8.97. The zero-order chi connectivity index (χ0) is 16.3. The topological polar surface area (TPSA) is 22.1 Å². The van der Waals surface area contributed by atoms with Gasteiger partial charge in [-0.15, -0.1) is 0 Å². The van der Waals surface area contributed by atoms with Crippen LogP contribution in [0.1, 0.15) is 56.4 Å². The molecule has 0 saturated carbocycles. The molecule has 124 valence electrons. The van der Waals surface area contributed by atoms with Crippen molar-refractivity contribution in [1.82, 2.24) is 4.98 Å². The van der Waals surface area contributed by atoms with Crippen LogP contribution >= 0.6 is 0 Å². The number of rotatable bonds is 10. The maximum Gasteiger partial charge on any atom is 0.119 e. The summed E-state index contributed by atoms with van der Waals surface area (Å²) in [7, 11) is 0. The van der Waals surface area contributed by atoms with E-state index in [1.165, 1.54) is 42.5 Å². The molecule has 23 heavy (non-hydrogen) atoms. The number of aryl methyl sites for hydroxylation is 3. The van der Waals surface area contributed by atoms with Crippen molar-refractivity contribution in [2.24, 2.45) is 0 Å². The molecule has 0 aliphatic rings. The summed E-state index contributed by atoms with van der Waals surface area (Å²) in [6.45, 7) is 4.97. The molecule has 2 rings (SSSR count). The largest absolute Gasteiger partial charge is 0.494 e. The minimum Gasteiger partial charge on any atom is -0.494 e. The van der Waals surface area contributed by atoms with Crippen LogP contribution in [-0.2, 0) is 19.3 Å². The van der Waals surface area contributed by atoms with E-state index in [-0.39, 0.29) is 0 Å². The Hall–Kier alpha value is -1.83. The highest BCUT2D eigenvalue weighted by Crippen LogP contribution is 2.14. The fourth-order valence-corrected chi connectivity index (χ4v) is 2.69. The lowest BCUT2D eigenvalue weighted by Gasteiger charge is -2.06. The van der Waals surface area contributed by atoms with Crippen molar-refractivity contribution in [3.63, 3.8) is 0 Å². The number of hydrogen-bond donors (Lipinski definition) is 0. The smallest absolute Gasteiger partial charge is 0.119 e. The Morgan fingerprint density at radius 3 is 2.17 bits per heavy atom. The van der Waals surface area contributed by atoms with Crippen LogP contribution in [-0.4, -0.2) is 11.6 Å². The summed E-state index contributed by atoms with van der Waals surface area (Å²) in [6, 6.07) is 12.8. The van der Waals surface area contributed by atoms with Gasteiger partial charge in [-0.3, -0.25) is 4.98 Å². The molecule has 0 aliphatic heterocycles. The molecule has 0 unspecified atom stereocenters. The minimum atomic E-state index is 0.718. The Morgan fingerprint density at radius 2 is 1.52 bits per heavy atom. The second-order valence-corrected chi connectivity index (χ2v) is 6.05. The van der Waals surface area contributed by atoms with Crippen LogP contribution in [0.5, 0.6) is 5.75 Å². The van der Waals surface area contributed by atoms with E-state index in [9.17, 15) is 0 Å². The van der Waals surface area contributed by atoms with Gasteiger partial charge >= 0.3 is 0 Å². The van der Waals surface area contributed by atoms with E-state index in [1.807, 2.05) is 13.1 Å². The summed E-state index contributed by atoms with van der Waals surface area (Å²) in [5.41, 5.74) is 3.89. The van der Waals surface area contributed by atoms with Gasteiger partial charge in [0.25, 0.3) is 0 Å². The van der Waals surface area contributed by atoms with Crippen molar-refractivity contribution in [3.05, 3.63) is 59.4 Å². The molecule has 0 fully saturated rings. The lowest BCUT2D eigenvalue weighted by Crippen LogP contribution is -1.96. The molecule has 1 aromatic carbocycles. The van der Waals surface area contributed by atoms with Crippen LogP contribution < -0.4 is 4.74 Å². The third-order valence-electron chi connectivity index (χ3n) is 4.11. The highest BCUT2D eigenvalue weighted by atomic mass is 16.5. The first-order chi connectivity index (χ1) is 11.3. The molecule has 1 heterocycles. The lowest BCUT2D eigenvalue weighted by molar-refractivity contribution is 0.340. The van der Waals surface area contributed by atoms with E-state index in [0.717, 1.165) is 31.6 Å². The Labute approximate surface area is 140 Å². The normalized spacial score (nSPS) is 10.7. The Balaban J connectivity index is 1.77. The average molecular weight is 311 g/mol. The molecule has 2 nitrogen and oxygen atoms in total. The molecule has 0 saturated heterocycles. The molecule has 0 aliphatic carbocycles. The average Bonchev–Trinajstić information content (AvgIpc) is 2.59. The molecular formula is C21H29NO. The van der Waals surface area contributed by atoms with Crippen LogP contribution in [0.3, 0.4) is 0 Å². The lowest BCUT2D eigenvalue weighted by atomic mass is 10.0. The molecule has 0 radical (unpaired) electrons. The monoisotopic (exact) mass is 311 g/mol. The van der Waals surface area contributed by atoms with Crippen LogP contribution in [0.2, 0.25) is 0 Å². The van der Waals surface area contributed by atoms with Crippen molar-refractivity contribution in [3.8, 4) is 5.75 Å². The number of unbranched alkanes of at least 4 members (excludes halogenated alkanes) is 3. The van der Waals surface area contributed by atoms with Crippen LogP contribution in [0, 0.1) is 0 Å². The van der Waals surface area contributed by atoms with Gasteiger partial charge in [-0.25, -0.2) is 0 Å². The third kappa shape index (κ3) is 6.43. The van der Waals surface area contributed by atoms with E-state index < -0.39 is 0 Å². The molecule has 2 heteroatoms. The number of aromatic nitrogens is 1. The Bertz CT molecular complexity index is 545. The molecule has 0 atom stereocenters. The highest BCUT2D eigenvalue weighted by Gasteiger charge is 2.00. The zero-order valence-electron chi connectivity index (χ0n) is 14.6. The fraction of sp³-hybridized carbons (Fsp3) is 0.476. The maximum atomic E-state index is 5.47. The van der Waals surface area contributed by atoms with Crippen LogP contribution in [0.25, 0.3) is 0 Å². The van der Waals surface area contributed by atoms with Crippen LogP contribution in [0.15, 0.2) is 42.6 Å².